The van der Waals surface area contributed by atoms with Gasteiger partial charge in [0.15, 0.2) is 0 Å². The number of hydrogen-bond acceptors (Lipinski definition) is 2. The molecule has 4 heteroatoms. The van der Waals surface area contributed by atoms with E-state index in [1.807, 2.05) is 62.4 Å². The molecule has 0 fully saturated rings. The molecule has 0 radical (unpaired) electrons. The molecule has 0 heterocycles. The van der Waals surface area contributed by atoms with Crippen LogP contribution in [-0.2, 0) is 22.6 Å². The lowest BCUT2D eigenvalue weighted by molar-refractivity contribution is -0.144. The van der Waals surface area contributed by atoms with Crippen LogP contribution in [0.15, 0.2) is 48.5 Å². The third-order valence-electron chi connectivity index (χ3n) is 3.88. The first kappa shape index (κ1) is 17.7. The van der Waals surface area contributed by atoms with E-state index < -0.39 is 11.9 Å². The van der Waals surface area contributed by atoms with E-state index >= 15 is 0 Å². The van der Waals surface area contributed by atoms with Crippen molar-refractivity contribution in [3.8, 4) is 0 Å². The van der Waals surface area contributed by atoms with Gasteiger partial charge in [-0.05, 0) is 31.4 Å². The molecular weight excluding hydrogens is 302 g/mol. The molecular formula is C20H23NO3. The fourth-order valence-electron chi connectivity index (χ4n) is 2.81. The van der Waals surface area contributed by atoms with Crippen molar-refractivity contribution in [3.63, 3.8) is 0 Å². The minimum atomic E-state index is -0.941. The number of hydrogen-bond donors (Lipinski definition) is 2. The van der Waals surface area contributed by atoms with E-state index in [2.05, 4.69) is 5.32 Å². The Morgan fingerprint density at radius 2 is 1.62 bits per heavy atom. The Bertz CT molecular complexity index is 690. The van der Waals surface area contributed by atoms with Gasteiger partial charge in [0.05, 0.1) is 5.92 Å². The summed E-state index contributed by atoms with van der Waals surface area (Å²) in [6.45, 7) is 4.38. The van der Waals surface area contributed by atoms with Crippen molar-refractivity contribution in [1.82, 2.24) is 5.32 Å². The normalized spacial score (nSPS) is 11.8. The van der Waals surface area contributed by atoms with Gasteiger partial charge in [0, 0.05) is 13.0 Å². The second-order valence-electron chi connectivity index (χ2n) is 6.20. The molecule has 1 atom stereocenters. The van der Waals surface area contributed by atoms with Gasteiger partial charge >= 0.3 is 5.97 Å². The maximum absolute atomic E-state index is 12.1. The number of aryl methyl sites for hydroxylation is 2. The highest BCUT2D eigenvalue weighted by Gasteiger charge is 2.21. The van der Waals surface area contributed by atoms with Crippen molar-refractivity contribution in [1.29, 1.82) is 0 Å². The predicted octanol–water partition coefficient (Wildman–Crippen LogP) is 3.25. The summed E-state index contributed by atoms with van der Waals surface area (Å²) in [4.78, 5) is 23.6. The summed E-state index contributed by atoms with van der Waals surface area (Å²) in [6.07, 6.45) is 0.339. The number of nitrogens with one attached hydrogen (secondary N) is 1. The van der Waals surface area contributed by atoms with Gasteiger partial charge in [-0.1, -0.05) is 59.7 Å². The molecule has 2 aromatic carbocycles. The van der Waals surface area contributed by atoms with Crippen molar-refractivity contribution in [2.24, 2.45) is 5.92 Å². The predicted molar refractivity (Wildman–Crippen MR) is 93.7 cm³/mol. The number of carbonyl (C=O) groups excluding carboxylic acids is 1. The standard InChI is InChI=1S/C20H23NO3/c1-14-8-15(2)10-17(9-14)11-18(20(23)24)12-19(22)21-13-16-6-4-3-5-7-16/h3-10,18H,11-13H2,1-2H3,(H,21,22)(H,23,24). The SMILES string of the molecule is Cc1cc(C)cc(CC(CC(=O)NCc2ccccc2)C(=O)O)c1. The average molecular weight is 325 g/mol. The summed E-state index contributed by atoms with van der Waals surface area (Å²) in [5, 5.41) is 12.2. The van der Waals surface area contributed by atoms with E-state index in [0.29, 0.717) is 13.0 Å². The van der Waals surface area contributed by atoms with Gasteiger partial charge < -0.3 is 10.4 Å². The zero-order valence-electron chi connectivity index (χ0n) is 14.1. The number of carboxylic acid groups (broad SMARTS) is 1. The molecule has 0 aromatic heterocycles. The molecule has 0 saturated carbocycles. The van der Waals surface area contributed by atoms with E-state index in [1.165, 1.54) is 0 Å². The molecule has 0 aliphatic carbocycles. The van der Waals surface area contributed by atoms with Crippen LogP contribution in [0.1, 0.15) is 28.7 Å². The van der Waals surface area contributed by atoms with E-state index in [4.69, 9.17) is 0 Å². The quantitative estimate of drug-likeness (QED) is 0.821. The largest absolute Gasteiger partial charge is 0.481 e. The summed E-state index contributed by atoms with van der Waals surface area (Å²) >= 11 is 0. The Kier molecular flexibility index (Phi) is 6.13. The number of rotatable bonds is 7. The molecule has 1 amide bonds. The highest BCUT2D eigenvalue weighted by Crippen LogP contribution is 2.16. The van der Waals surface area contributed by atoms with Crippen molar-refractivity contribution < 1.29 is 14.7 Å². The van der Waals surface area contributed by atoms with Crippen LogP contribution in [0.4, 0.5) is 0 Å². The van der Waals surface area contributed by atoms with E-state index in [1.54, 1.807) is 0 Å². The topological polar surface area (TPSA) is 66.4 Å². The minimum absolute atomic E-state index is 0.0187. The van der Waals surface area contributed by atoms with Gasteiger partial charge in [0.1, 0.15) is 0 Å². The Morgan fingerprint density at radius 3 is 2.21 bits per heavy atom. The van der Waals surface area contributed by atoms with Gasteiger partial charge in [-0.3, -0.25) is 9.59 Å². The van der Waals surface area contributed by atoms with Gasteiger partial charge in [-0.15, -0.1) is 0 Å². The van der Waals surface area contributed by atoms with Gasteiger partial charge in [-0.2, -0.15) is 0 Å². The third-order valence-corrected chi connectivity index (χ3v) is 3.88. The summed E-state index contributed by atoms with van der Waals surface area (Å²) in [5.74, 6) is -1.90. The van der Waals surface area contributed by atoms with Crippen molar-refractivity contribution in [3.05, 3.63) is 70.8 Å². The fraction of sp³-hybridized carbons (Fsp3) is 0.300. The number of carboxylic acids is 1. The van der Waals surface area contributed by atoms with Gasteiger partial charge in [0.2, 0.25) is 5.91 Å². The van der Waals surface area contributed by atoms with Crippen LogP contribution in [-0.4, -0.2) is 17.0 Å². The molecule has 0 saturated heterocycles. The highest BCUT2D eigenvalue weighted by molar-refractivity contribution is 5.82. The average Bonchev–Trinajstić information content (AvgIpc) is 2.52. The number of carbonyl (C=O) groups is 2. The summed E-state index contributed by atoms with van der Waals surface area (Å²) in [5.41, 5.74) is 4.15. The number of benzene rings is 2. The number of amides is 1. The van der Waals surface area contributed by atoms with Crippen LogP contribution in [0, 0.1) is 19.8 Å². The Morgan fingerprint density at radius 1 is 1.00 bits per heavy atom. The van der Waals surface area contributed by atoms with Crippen LogP contribution in [0.3, 0.4) is 0 Å². The Labute approximate surface area is 142 Å². The Balaban J connectivity index is 1.95. The molecule has 0 spiro atoms. The van der Waals surface area contributed by atoms with Crippen molar-refractivity contribution in [2.75, 3.05) is 0 Å². The highest BCUT2D eigenvalue weighted by atomic mass is 16.4. The van der Waals surface area contributed by atoms with Crippen LogP contribution in [0.5, 0.6) is 0 Å². The maximum atomic E-state index is 12.1. The van der Waals surface area contributed by atoms with E-state index in [-0.39, 0.29) is 12.3 Å². The van der Waals surface area contributed by atoms with Gasteiger partial charge in [0.25, 0.3) is 0 Å². The summed E-state index contributed by atoms with van der Waals surface area (Å²) < 4.78 is 0. The second-order valence-corrected chi connectivity index (χ2v) is 6.20. The van der Waals surface area contributed by atoms with E-state index in [0.717, 1.165) is 22.3 Å². The molecule has 0 bridgehead atoms. The smallest absolute Gasteiger partial charge is 0.307 e. The van der Waals surface area contributed by atoms with Crippen LogP contribution in [0.2, 0.25) is 0 Å². The van der Waals surface area contributed by atoms with Crippen LogP contribution >= 0.6 is 0 Å². The lowest BCUT2D eigenvalue weighted by atomic mass is 9.94. The fourth-order valence-corrected chi connectivity index (χ4v) is 2.81. The monoisotopic (exact) mass is 325 g/mol. The zero-order chi connectivity index (χ0) is 17.5. The summed E-state index contributed by atoms with van der Waals surface area (Å²) in [6, 6.07) is 15.6. The molecule has 1 unspecified atom stereocenters. The van der Waals surface area contributed by atoms with Gasteiger partial charge in [-0.25, -0.2) is 0 Å². The molecule has 2 rings (SSSR count). The molecule has 126 valence electrons. The first-order valence-corrected chi connectivity index (χ1v) is 8.04. The lowest BCUT2D eigenvalue weighted by Crippen LogP contribution is -2.29. The molecule has 4 nitrogen and oxygen atoms in total. The first-order valence-electron chi connectivity index (χ1n) is 8.04. The van der Waals surface area contributed by atoms with Crippen LogP contribution < -0.4 is 5.32 Å². The molecule has 0 aliphatic heterocycles. The zero-order valence-corrected chi connectivity index (χ0v) is 14.1. The van der Waals surface area contributed by atoms with E-state index in [9.17, 15) is 14.7 Å². The first-order chi connectivity index (χ1) is 11.4. The molecule has 2 aromatic rings. The third kappa shape index (κ3) is 5.54. The Hall–Kier alpha value is -2.62. The minimum Gasteiger partial charge on any atom is -0.481 e. The summed E-state index contributed by atoms with van der Waals surface area (Å²) in [7, 11) is 0. The second kappa shape index (κ2) is 8.29. The van der Waals surface area contributed by atoms with Crippen molar-refractivity contribution in [2.45, 2.75) is 33.2 Å². The van der Waals surface area contributed by atoms with Crippen molar-refractivity contribution >= 4 is 11.9 Å². The van der Waals surface area contributed by atoms with Crippen LogP contribution in [0.25, 0.3) is 0 Å². The number of aliphatic carboxylic acids is 1. The lowest BCUT2D eigenvalue weighted by Gasteiger charge is -2.14. The molecule has 2 N–H and O–H groups in total. The molecule has 0 aliphatic rings. The maximum Gasteiger partial charge on any atom is 0.307 e. The molecule has 24 heavy (non-hydrogen) atoms.